The van der Waals surface area contributed by atoms with Crippen molar-refractivity contribution in [3.63, 3.8) is 0 Å². The number of piperidine rings is 1. The molecule has 2 aromatic rings. The molecule has 3 aliphatic heterocycles. The average molecular weight is 485 g/mol. The van der Waals surface area contributed by atoms with Gasteiger partial charge in [0.05, 0.1) is 30.8 Å². The van der Waals surface area contributed by atoms with E-state index in [0.717, 1.165) is 68.2 Å². The SMILES string of the molecule is CCc1cc2c(cc1N1CCC(N3CCOCC3)CC1)C(C)(C)[C@H]1Nc3cc(C#N)ccc3[C@H]1C2=O. The molecule has 2 atom stereocenters. The Morgan fingerprint density at radius 1 is 1.11 bits per heavy atom. The number of ketones is 1. The van der Waals surface area contributed by atoms with Crippen molar-refractivity contribution in [2.24, 2.45) is 0 Å². The summed E-state index contributed by atoms with van der Waals surface area (Å²) in [7, 11) is 0. The summed E-state index contributed by atoms with van der Waals surface area (Å²) in [6, 6.07) is 13.1. The summed E-state index contributed by atoms with van der Waals surface area (Å²) in [5.74, 6) is -0.00683. The van der Waals surface area contributed by atoms with Gasteiger partial charge in [-0.15, -0.1) is 0 Å². The number of benzene rings is 2. The van der Waals surface area contributed by atoms with E-state index in [4.69, 9.17) is 4.74 Å². The molecule has 6 nitrogen and oxygen atoms in total. The lowest BCUT2D eigenvalue weighted by Crippen LogP contribution is -2.50. The largest absolute Gasteiger partial charge is 0.380 e. The van der Waals surface area contributed by atoms with Crippen LogP contribution in [0.2, 0.25) is 0 Å². The number of nitriles is 1. The van der Waals surface area contributed by atoms with E-state index < -0.39 is 0 Å². The van der Waals surface area contributed by atoms with E-state index in [-0.39, 0.29) is 23.2 Å². The quantitative estimate of drug-likeness (QED) is 0.693. The highest BCUT2D eigenvalue weighted by Crippen LogP contribution is 2.52. The summed E-state index contributed by atoms with van der Waals surface area (Å²) in [6.45, 7) is 12.6. The Morgan fingerprint density at radius 3 is 2.56 bits per heavy atom. The fourth-order valence-corrected chi connectivity index (χ4v) is 7.04. The van der Waals surface area contributed by atoms with Crippen molar-refractivity contribution < 1.29 is 9.53 Å². The van der Waals surface area contributed by atoms with Gasteiger partial charge in [-0.3, -0.25) is 9.69 Å². The molecule has 36 heavy (non-hydrogen) atoms. The van der Waals surface area contributed by atoms with E-state index >= 15 is 0 Å². The summed E-state index contributed by atoms with van der Waals surface area (Å²) in [5.41, 5.74) is 6.95. The number of Topliss-reactive ketones (excluding diaryl/α,β-unsaturated/α-hetero) is 1. The number of nitrogens with one attached hydrogen (secondary N) is 1. The van der Waals surface area contributed by atoms with Gasteiger partial charge in [0.25, 0.3) is 0 Å². The predicted octanol–water partition coefficient (Wildman–Crippen LogP) is 4.47. The second-order valence-corrected chi connectivity index (χ2v) is 11.3. The highest BCUT2D eigenvalue weighted by molar-refractivity contribution is 6.07. The number of hydrogen-bond acceptors (Lipinski definition) is 6. The van der Waals surface area contributed by atoms with E-state index in [2.05, 4.69) is 54.1 Å². The Labute approximate surface area is 214 Å². The lowest BCUT2D eigenvalue weighted by molar-refractivity contribution is 0.0115. The Bertz CT molecular complexity index is 1230. The van der Waals surface area contributed by atoms with Crippen LogP contribution in [0.4, 0.5) is 11.4 Å². The van der Waals surface area contributed by atoms with Crippen molar-refractivity contribution in [3.05, 3.63) is 58.1 Å². The molecule has 0 spiro atoms. The maximum atomic E-state index is 13.9. The molecule has 0 saturated carbocycles. The van der Waals surface area contributed by atoms with E-state index in [1.54, 1.807) is 0 Å². The topological polar surface area (TPSA) is 68.6 Å². The highest BCUT2D eigenvalue weighted by atomic mass is 16.5. The number of hydrogen-bond donors (Lipinski definition) is 1. The molecule has 6 heteroatoms. The summed E-state index contributed by atoms with van der Waals surface area (Å²) in [4.78, 5) is 19.1. The summed E-state index contributed by atoms with van der Waals surface area (Å²) >= 11 is 0. The number of nitrogens with zero attached hydrogens (tertiary/aromatic N) is 3. The number of aryl methyl sites for hydroxylation is 1. The van der Waals surface area contributed by atoms with Crippen molar-refractivity contribution in [1.82, 2.24) is 4.90 Å². The van der Waals surface area contributed by atoms with E-state index in [1.807, 2.05) is 18.2 Å². The van der Waals surface area contributed by atoms with Gasteiger partial charge in [0, 0.05) is 60.6 Å². The number of anilines is 2. The van der Waals surface area contributed by atoms with Gasteiger partial charge in [0.2, 0.25) is 0 Å². The molecule has 2 saturated heterocycles. The van der Waals surface area contributed by atoms with Gasteiger partial charge in [0.1, 0.15) is 0 Å². The summed E-state index contributed by atoms with van der Waals surface area (Å²) in [5, 5.41) is 13.0. The molecule has 188 valence electrons. The lowest BCUT2D eigenvalue weighted by atomic mass is 9.63. The Balaban J connectivity index is 1.32. The third kappa shape index (κ3) is 3.64. The van der Waals surface area contributed by atoms with E-state index in [9.17, 15) is 10.1 Å². The van der Waals surface area contributed by atoms with Crippen LogP contribution in [-0.2, 0) is 16.6 Å². The third-order valence-corrected chi connectivity index (χ3v) is 9.15. The first kappa shape index (κ1) is 23.5. The van der Waals surface area contributed by atoms with Crippen molar-refractivity contribution >= 4 is 17.2 Å². The zero-order valence-corrected chi connectivity index (χ0v) is 21.6. The van der Waals surface area contributed by atoms with E-state index in [1.165, 1.54) is 24.1 Å². The van der Waals surface area contributed by atoms with Gasteiger partial charge in [-0.2, -0.15) is 5.26 Å². The van der Waals surface area contributed by atoms with E-state index in [0.29, 0.717) is 11.6 Å². The van der Waals surface area contributed by atoms with Crippen LogP contribution in [-0.4, -0.2) is 62.2 Å². The second kappa shape index (κ2) is 8.90. The fourth-order valence-electron chi connectivity index (χ4n) is 7.04. The first-order valence-corrected chi connectivity index (χ1v) is 13.5. The van der Waals surface area contributed by atoms with Crippen molar-refractivity contribution in [3.8, 4) is 6.07 Å². The summed E-state index contributed by atoms with van der Waals surface area (Å²) < 4.78 is 5.56. The molecule has 1 N–H and O–H groups in total. The Kier molecular flexibility index (Phi) is 5.81. The van der Waals surface area contributed by atoms with Gasteiger partial charge < -0.3 is 15.0 Å². The summed E-state index contributed by atoms with van der Waals surface area (Å²) in [6.07, 6.45) is 3.25. The normalized spacial score (nSPS) is 25.5. The highest BCUT2D eigenvalue weighted by Gasteiger charge is 2.51. The standard InChI is InChI=1S/C30H36N4O2/c1-4-20-16-23-24(17-26(20)34-9-7-21(8-10-34)33-11-13-36-14-12-33)30(2,3)29-27(28(23)35)22-6-5-19(18-31)15-25(22)32-29/h5-6,15-17,21,27,29,32H,4,7-14H2,1-3H3/t27-,29-/m0/s1. The minimum atomic E-state index is -0.229. The maximum absolute atomic E-state index is 13.9. The molecule has 1 aliphatic carbocycles. The average Bonchev–Trinajstić information content (AvgIpc) is 3.32. The predicted molar refractivity (Wildman–Crippen MR) is 142 cm³/mol. The minimum absolute atomic E-state index is 0.0196. The number of rotatable bonds is 3. The second-order valence-electron chi connectivity index (χ2n) is 11.3. The monoisotopic (exact) mass is 484 g/mol. The number of carbonyl (C=O) groups excluding carboxylic acids is 1. The first-order valence-electron chi connectivity index (χ1n) is 13.5. The van der Waals surface area contributed by atoms with Crippen molar-refractivity contribution in [1.29, 1.82) is 5.26 Å². The molecule has 0 aromatic heterocycles. The number of fused-ring (bicyclic) bond motifs is 4. The maximum Gasteiger partial charge on any atom is 0.172 e. The molecule has 0 unspecified atom stereocenters. The van der Waals surface area contributed by atoms with Crippen LogP contribution in [0.5, 0.6) is 0 Å². The van der Waals surface area contributed by atoms with Gasteiger partial charge in [0.15, 0.2) is 5.78 Å². The molecular weight excluding hydrogens is 448 g/mol. The smallest absolute Gasteiger partial charge is 0.172 e. The zero-order valence-electron chi connectivity index (χ0n) is 21.6. The number of ether oxygens (including phenoxy) is 1. The van der Waals surface area contributed by atoms with Crippen LogP contribution in [0.15, 0.2) is 30.3 Å². The zero-order chi connectivity index (χ0) is 25.0. The van der Waals surface area contributed by atoms with Gasteiger partial charge in [-0.05, 0) is 60.2 Å². The molecule has 0 bridgehead atoms. The number of carbonyl (C=O) groups is 1. The molecule has 2 fully saturated rings. The van der Waals surface area contributed by atoms with Crippen molar-refractivity contribution in [2.75, 3.05) is 49.6 Å². The Hall–Kier alpha value is -2.88. The van der Waals surface area contributed by atoms with Crippen LogP contribution in [0.1, 0.15) is 72.1 Å². The Morgan fingerprint density at radius 2 is 1.86 bits per heavy atom. The van der Waals surface area contributed by atoms with Crippen LogP contribution in [0.25, 0.3) is 0 Å². The fraction of sp³-hybridized carbons (Fsp3) is 0.533. The van der Waals surface area contributed by atoms with Crippen LogP contribution in [0, 0.1) is 11.3 Å². The van der Waals surface area contributed by atoms with Crippen LogP contribution < -0.4 is 10.2 Å². The molecule has 2 aromatic carbocycles. The van der Waals surface area contributed by atoms with Gasteiger partial charge >= 0.3 is 0 Å². The first-order chi connectivity index (χ1) is 17.4. The number of morpholine rings is 1. The molecule has 0 radical (unpaired) electrons. The molecule has 4 aliphatic rings. The molecule has 3 heterocycles. The minimum Gasteiger partial charge on any atom is -0.380 e. The molecular formula is C30H36N4O2. The van der Waals surface area contributed by atoms with Crippen LogP contribution >= 0.6 is 0 Å². The van der Waals surface area contributed by atoms with Gasteiger partial charge in [-0.1, -0.05) is 26.8 Å². The van der Waals surface area contributed by atoms with Crippen molar-refractivity contribution in [2.45, 2.75) is 63.5 Å². The van der Waals surface area contributed by atoms with Crippen LogP contribution in [0.3, 0.4) is 0 Å². The molecule has 0 amide bonds. The third-order valence-electron chi connectivity index (χ3n) is 9.15. The lowest BCUT2D eigenvalue weighted by Gasteiger charge is -2.44. The van der Waals surface area contributed by atoms with Gasteiger partial charge in [-0.25, -0.2) is 0 Å². The molecule has 6 rings (SSSR count).